The molecule has 2 aromatic heterocycles. The fourth-order valence-corrected chi connectivity index (χ4v) is 1.32. The van der Waals surface area contributed by atoms with Gasteiger partial charge in [0, 0.05) is 30.1 Å². The molecule has 0 amide bonds. The van der Waals surface area contributed by atoms with Gasteiger partial charge in [-0.1, -0.05) is 6.07 Å². The predicted octanol–water partition coefficient (Wildman–Crippen LogP) is -1.74. The molecule has 2 heterocycles. The second-order valence-corrected chi connectivity index (χ2v) is 3.21. The van der Waals surface area contributed by atoms with Crippen LogP contribution in [0.15, 0.2) is 55.1 Å². The molecule has 0 aliphatic rings. The topological polar surface area (TPSA) is 33.8 Å². The summed E-state index contributed by atoms with van der Waals surface area (Å²) in [4.78, 5) is 15.7. The third kappa shape index (κ3) is 3.37. The van der Waals surface area contributed by atoms with E-state index in [1.54, 1.807) is 24.5 Å². The number of Topliss-reactive ketones (excluding diaryl/α,β-unsaturated/α-hetero) is 1. The van der Waals surface area contributed by atoms with Crippen LogP contribution < -0.4 is 28.5 Å². The fourth-order valence-electron chi connectivity index (χ4n) is 1.32. The highest BCUT2D eigenvalue weighted by atomic mass is 127. The van der Waals surface area contributed by atoms with Crippen molar-refractivity contribution >= 4 is 5.78 Å². The molecule has 0 radical (unpaired) electrons. The number of hydrogen-bond acceptors (Lipinski definition) is 2. The molecule has 0 aliphatic carbocycles. The number of aromatic nitrogens is 2. The number of carbonyl (C=O) groups is 1. The second-order valence-electron chi connectivity index (χ2n) is 3.21. The largest absolute Gasteiger partial charge is 1.00 e. The molecule has 0 spiro atoms. The van der Waals surface area contributed by atoms with Gasteiger partial charge in [0.15, 0.2) is 12.4 Å². The first-order valence-corrected chi connectivity index (χ1v) is 4.73. The van der Waals surface area contributed by atoms with Crippen LogP contribution in [0.3, 0.4) is 0 Å². The van der Waals surface area contributed by atoms with E-state index in [2.05, 4.69) is 4.98 Å². The van der Waals surface area contributed by atoms with Gasteiger partial charge in [0.05, 0.1) is 0 Å². The van der Waals surface area contributed by atoms with Crippen LogP contribution in [-0.4, -0.2) is 10.8 Å². The Morgan fingerprint density at radius 3 is 2.56 bits per heavy atom. The Bertz CT molecular complexity index is 445. The molecule has 0 aromatic carbocycles. The Kier molecular flexibility index (Phi) is 5.04. The maximum Gasteiger partial charge on any atom is 0.229 e. The molecule has 82 valence electrons. The van der Waals surface area contributed by atoms with Crippen LogP contribution in [0.2, 0.25) is 0 Å². The van der Waals surface area contributed by atoms with Crippen molar-refractivity contribution < 1.29 is 33.3 Å². The van der Waals surface area contributed by atoms with Crippen molar-refractivity contribution in [3.05, 3.63) is 60.7 Å². The van der Waals surface area contributed by atoms with E-state index in [1.807, 2.05) is 35.2 Å². The lowest BCUT2D eigenvalue weighted by Gasteiger charge is -1.96. The maximum absolute atomic E-state index is 11.8. The van der Waals surface area contributed by atoms with Crippen molar-refractivity contribution in [2.45, 2.75) is 6.54 Å². The zero-order valence-electron chi connectivity index (χ0n) is 8.58. The van der Waals surface area contributed by atoms with Crippen molar-refractivity contribution in [3.8, 4) is 0 Å². The average molecular weight is 326 g/mol. The normalized spacial score (nSPS) is 9.25. The number of carbonyl (C=O) groups excluding carboxylic acids is 1. The molecule has 4 heteroatoms. The highest BCUT2D eigenvalue weighted by Gasteiger charge is 2.10. The van der Waals surface area contributed by atoms with Gasteiger partial charge in [0.2, 0.25) is 12.3 Å². The molecule has 0 saturated heterocycles. The summed E-state index contributed by atoms with van der Waals surface area (Å²) in [6.07, 6.45) is 6.99. The van der Waals surface area contributed by atoms with Crippen LogP contribution in [0, 0.1) is 0 Å². The van der Waals surface area contributed by atoms with Crippen molar-refractivity contribution in [2.24, 2.45) is 0 Å². The van der Waals surface area contributed by atoms with Gasteiger partial charge < -0.3 is 24.0 Å². The lowest BCUT2D eigenvalue weighted by molar-refractivity contribution is -0.683. The maximum atomic E-state index is 11.8. The smallest absolute Gasteiger partial charge is 0.229 e. The van der Waals surface area contributed by atoms with Gasteiger partial charge in [-0.3, -0.25) is 9.78 Å². The molecule has 2 aromatic rings. The average Bonchev–Trinajstić information content (AvgIpc) is 2.31. The monoisotopic (exact) mass is 326 g/mol. The Hall–Kier alpha value is -1.30. The Morgan fingerprint density at radius 1 is 1.19 bits per heavy atom. The molecule has 0 unspecified atom stereocenters. The second kappa shape index (κ2) is 6.32. The molecular weight excluding hydrogens is 315 g/mol. The number of ketones is 1. The SMILES string of the molecule is O=C(C[n+]1ccccc1)c1cccnc1.[I-]. The molecule has 0 saturated carbocycles. The number of hydrogen-bond donors (Lipinski definition) is 0. The Balaban J connectivity index is 0.00000128. The van der Waals surface area contributed by atoms with Gasteiger partial charge in [-0.25, -0.2) is 0 Å². The minimum atomic E-state index is 0. The van der Waals surface area contributed by atoms with Crippen molar-refractivity contribution in [2.75, 3.05) is 0 Å². The highest BCUT2D eigenvalue weighted by molar-refractivity contribution is 5.94. The van der Waals surface area contributed by atoms with Crippen LogP contribution in [0.4, 0.5) is 0 Å². The Morgan fingerprint density at radius 2 is 1.94 bits per heavy atom. The number of rotatable bonds is 3. The highest BCUT2D eigenvalue weighted by Crippen LogP contribution is 1.96. The molecule has 0 fully saturated rings. The summed E-state index contributed by atoms with van der Waals surface area (Å²) in [6.45, 7) is 0.354. The summed E-state index contributed by atoms with van der Waals surface area (Å²) < 4.78 is 1.84. The van der Waals surface area contributed by atoms with Gasteiger partial charge in [0.1, 0.15) is 0 Å². The van der Waals surface area contributed by atoms with E-state index in [0.29, 0.717) is 12.1 Å². The summed E-state index contributed by atoms with van der Waals surface area (Å²) in [7, 11) is 0. The van der Waals surface area contributed by atoms with Gasteiger partial charge in [-0.05, 0) is 12.1 Å². The van der Waals surface area contributed by atoms with Crippen LogP contribution in [0.5, 0.6) is 0 Å². The van der Waals surface area contributed by atoms with E-state index in [-0.39, 0.29) is 29.8 Å². The molecule has 0 atom stereocenters. The quantitative estimate of drug-likeness (QED) is 0.381. The van der Waals surface area contributed by atoms with E-state index in [4.69, 9.17) is 0 Å². The molecule has 0 N–H and O–H groups in total. The Labute approximate surface area is 111 Å². The van der Waals surface area contributed by atoms with E-state index < -0.39 is 0 Å². The predicted molar refractivity (Wildman–Crippen MR) is 55.2 cm³/mol. The first-order valence-electron chi connectivity index (χ1n) is 4.73. The molecule has 2 rings (SSSR count). The van der Waals surface area contributed by atoms with E-state index >= 15 is 0 Å². The van der Waals surface area contributed by atoms with Crippen LogP contribution in [-0.2, 0) is 6.54 Å². The van der Waals surface area contributed by atoms with Crippen LogP contribution in [0.1, 0.15) is 10.4 Å². The van der Waals surface area contributed by atoms with Gasteiger partial charge in [-0.15, -0.1) is 0 Å². The van der Waals surface area contributed by atoms with Crippen molar-refractivity contribution in [1.29, 1.82) is 0 Å². The summed E-state index contributed by atoms with van der Waals surface area (Å²) in [5.74, 6) is 0.0688. The third-order valence-electron chi connectivity index (χ3n) is 2.09. The molecule has 0 bridgehead atoms. The molecule has 3 nitrogen and oxygen atoms in total. The first-order chi connectivity index (χ1) is 7.36. The third-order valence-corrected chi connectivity index (χ3v) is 2.09. The van der Waals surface area contributed by atoms with Crippen LogP contribution in [0.25, 0.3) is 0 Å². The van der Waals surface area contributed by atoms with Gasteiger partial charge >= 0.3 is 0 Å². The fraction of sp³-hybridized carbons (Fsp3) is 0.0833. The van der Waals surface area contributed by atoms with Crippen LogP contribution >= 0.6 is 0 Å². The van der Waals surface area contributed by atoms with Gasteiger partial charge in [-0.2, -0.15) is 4.57 Å². The first kappa shape index (κ1) is 12.8. The lowest BCUT2D eigenvalue weighted by Crippen LogP contribution is -3.00. The summed E-state index contributed by atoms with van der Waals surface area (Å²) in [5, 5.41) is 0. The number of pyridine rings is 2. The summed E-state index contributed by atoms with van der Waals surface area (Å²) in [5.41, 5.74) is 0.647. The standard InChI is InChI=1S/C12H11N2O.HI/c15-12(11-5-4-6-13-9-11)10-14-7-2-1-3-8-14;/h1-9H,10H2;1H/q+1;/p-1. The van der Waals surface area contributed by atoms with E-state index in [0.717, 1.165) is 0 Å². The zero-order chi connectivity index (χ0) is 10.5. The van der Waals surface area contributed by atoms with Crippen molar-refractivity contribution in [3.63, 3.8) is 0 Å². The summed E-state index contributed by atoms with van der Waals surface area (Å²) in [6, 6.07) is 9.26. The molecule has 16 heavy (non-hydrogen) atoms. The minimum Gasteiger partial charge on any atom is -1.00 e. The van der Waals surface area contributed by atoms with E-state index in [1.165, 1.54) is 0 Å². The lowest BCUT2D eigenvalue weighted by atomic mass is 10.2. The van der Waals surface area contributed by atoms with Gasteiger partial charge in [0.25, 0.3) is 0 Å². The molecular formula is C12H11IN2O. The molecule has 0 aliphatic heterocycles. The number of halogens is 1. The number of nitrogens with zero attached hydrogens (tertiary/aromatic N) is 2. The summed E-state index contributed by atoms with van der Waals surface area (Å²) >= 11 is 0. The van der Waals surface area contributed by atoms with Crippen molar-refractivity contribution in [1.82, 2.24) is 4.98 Å². The zero-order valence-corrected chi connectivity index (χ0v) is 10.7. The minimum absolute atomic E-state index is 0. The van der Waals surface area contributed by atoms with E-state index in [9.17, 15) is 4.79 Å².